The first-order valence-electron chi connectivity index (χ1n) is 10.00. The molecule has 0 spiro atoms. The molecule has 3 heterocycles. The lowest BCUT2D eigenvalue weighted by Crippen LogP contribution is -2.28. The molecule has 11 heteroatoms. The molecule has 164 valence electrons. The highest BCUT2D eigenvalue weighted by atomic mass is 32.1. The summed E-state index contributed by atoms with van der Waals surface area (Å²) in [6, 6.07) is 5.18. The van der Waals surface area contributed by atoms with Crippen LogP contribution >= 0.6 is 11.3 Å². The van der Waals surface area contributed by atoms with Crippen molar-refractivity contribution in [3.63, 3.8) is 0 Å². The molecule has 0 saturated carbocycles. The highest BCUT2D eigenvalue weighted by molar-refractivity contribution is 7.18. The summed E-state index contributed by atoms with van der Waals surface area (Å²) in [5.74, 6) is -1.73. The highest BCUT2D eigenvalue weighted by Crippen LogP contribution is 2.36. The second-order valence-corrected chi connectivity index (χ2v) is 8.81. The Kier molecular flexibility index (Phi) is 4.89. The molecule has 2 aliphatic rings. The number of carboxylic acids is 1. The molecule has 2 amide bonds. The van der Waals surface area contributed by atoms with E-state index in [-0.39, 0.29) is 24.9 Å². The number of hydrogen-bond acceptors (Lipinski definition) is 7. The third-order valence-corrected chi connectivity index (χ3v) is 6.79. The summed E-state index contributed by atoms with van der Waals surface area (Å²) in [6.45, 7) is 0.124. The van der Waals surface area contributed by atoms with Crippen molar-refractivity contribution in [2.75, 3.05) is 11.9 Å². The summed E-state index contributed by atoms with van der Waals surface area (Å²) >= 11 is 1.33. The lowest BCUT2D eigenvalue weighted by Gasteiger charge is -2.18. The SMILES string of the molecule is O=C1COc2ccc(CNC(=O)c3nc4sc5c(c4c(=O)[nH]3)CC(C(=O)O)CC5)cc2N1. The molecule has 0 radical (unpaired) electrons. The van der Waals surface area contributed by atoms with Gasteiger partial charge in [0.1, 0.15) is 10.6 Å². The van der Waals surface area contributed by atoms with Crippen molar-refractivity contribution in [3.8, 4) is 5.75 Å². The van der Waals surface area contributed by atoms with Gasteiger partial charge in [-0.2, -0.15) is 0 Å². The standard InChI is InChI=1S/C21H18N4O6S/c26-15-8-31-13-3-1-9(5-12(13)23-15)7-22-19(28)17-24-18(27)16-11-6-10(21(29)30)2-4-14(11)32-20(16)25-17/h1,3,5,10H,2,4,6-8H2,(H,22,28)(H,23,26)(H,29,30)(H,24,25,27). The van der Waals surface area contributed by atoms with Gasteiger partial charge in [-0.3, -0.25) is 19.2 Å². The zero-order chi connectivity index (χ0) is 22.4. The maximum absolute atomic E-state index is 12.7. The van der Waals surface area contributed by atoms with Crippen LogP contribution in [0.5, 0.6) is 5.75 Å². The molecule has 1 unspecified atom stereocenters. The van der Waals surface area contributed by atoms with E-state index in [1.54, 1.807) is 18.2 Å². The number of rotatable bonds is 4. The Morgan fingerprint density at radius 2 is 2.16 bits per heavy atom. The Hall–Kier alpha value is -3.73. The summed E-state index contributed by atoms with van der Waals surface area (Å²) in [4.78, 5) is 56.4. The normalized spacial score (nSPS) is 17.1. The first-order valence-corrected chi connectivity index (χ1v) is 10.8. The number of carbonyl (C=O) groups excluding carboxylic acids is 2. The lowest BCUT2D eigenvalue weighted by molar-refractivity contribution is -0.142. The molecular formula is C21H18N4O6S. The van der Waals surface area contributed by atoms with E-state index in [1.165, 1.54) is 11.3 Å². The van der Waals surface area contributed by atoms with Crippen LogP contribution in [-0.4, -0.2) is 39.5 Å². The first-order chi connectivity index (χ1) is 15.4. The Labute approximate surface area is 184 Å². The molecule has 5 rings (SSSR count). The smallest absolute Gasteiger partial charge is 0.306 e. The molecule has 1 aromatic carbocycles. The number of ether oxygens (including phenoxy) is 1. The topological polar surface area (TPSA) is 150 Å². The number of aliphatic carboxylic acids is 1. The summed E-state index contributed by atoms with van der Waals surface area (Å²) in [6.07, 6.45) is 1.39. The number of nitrogens with zero attached hydrogens (tertiary/aromatic N) is 1. The number of thiophene rings is 1. The number of H-pyrrole nitrogens is 1. The highest BCUT2D eigenvalue weighted by Gasteiger charge is 2.29. The van der Waals surface area contributed by atoms with Crippen LogP contribution in [0.25, 0.3) is 10.2 Å². The number of nitrogens with one attached hydrogen (secondary N) is 3. The van der Waals surface area contributed by atoms with Crippen molar-refractivity contribution in [2.24, 2.45) is 5.92 Å². The van der Waals surface area contributed by atoms with Gasteiger partial charge in [-0.1, -0.05) is 6.07 Å². The molecule has 0 saturated heterocycles. The number of carboxylic acid groups (broad SMARTS) is 1. The van der Waals surface area contributed by atoms with Gasteiger partial charge >= 0.3 is 5.97 Å². The van der Waals surface area contributed by atoms with Crippen LogP contribution < -0.4 is 20.9 Å². The van der Waals surface area contributed by atoms with Crippen LogP contribution in [0.2, 0.25) is 0 Å². The van der Waals surface area contributed by atoms with Gasteiger partial charge in [0, 0.05) is 11.4 Å². The maximum Gasteiger partial charge on any atom is 0.306 e. The molecule has 3 aromatic rings. The maximum atomic E-state index is 12.7. The lowest BCUT2D eigenvalue weighted by atomic mass is 9.87. The summed E-state index contributed by atoms with van der Waals surface area (Å²) in [5, 5.41) is 15.1. The third kappa shape index (κ3) is 3.60. The summed E-state index contributed by atoms with van der Waals surface area (Å²) in [7, 11) is 0. The predicted molar refractivity (Wildman–Crippen MR) is 115 cm³/mol. The number of anilines is 1. The average molecular weight is 454 g/mol. The van der Waals surface area contributed by atoms with E-state index in [4.69, 9.17) is 4.74 Å². The summed E-state index contributed by atoms with van der Waals surface area (Å²) in [5.41, 5.74) is 1.54. The largest absolute Gasteiger partial charge is 0.482 e. The van der Waals surface area contributed by atoms with E-state index in [0.29, 0.717) is 40.9 Å². The number of aryl methyl sites for hydroxylation is 1. The fourth-order valence-electron chi connectivity index (χ4n) is 4.01. The molecule has 2 aromatic heterocycles. The minimum absolute atomic E-state index is 0.0340. The monoisotopic (exact) mass is 454 g/mol. The minimum atomic E-state index is -0.872. The molecule has 0 fully saturated rings. The van der Waals surface area contributed by atoms with Crippen LogP contribution in [0.1, 0.15) is 33.0 Å². The number of amides is 2. The number of fused-ring (bicyclic) bond motifs is 4. The second kappa shape index (κ2) is 7.75. The first kappa shape index (κ1) is 20.2. The van der Waals surface area contributed by atoms with Crippen LogP contribution in [0.15, 0.2) is 23.0 Å². The van der Waals surface area contributed by atoms with Crippen LogP contribution in [-0.2, 0) is 29.0 Å². The number of carbonyl (C=O) groups is 3. The van der Waals surface area contributed by atoms with E-state index < -0.39 is 23.4 Å². The fraction of sp³-hybridized carbons (Fsp3) is 0.286. The van der Waals surface area contributed by atoms with Crippen molar-refractivity contribution < 1.29 is 24.2 Å². The average Bonchev–Trinajstić information content (AvgIpc) is 3.15. The quantitative estimate of drug-likeness (QED) is 0.466. The van der Waals surface area contributed by atoms with Crippen LogP contribution in [0.3, 0.4) is 0 Å². The predicted octanol–water partition coefficient (Wildman–Crippen LogP) is 1.43. The number of benzene rings is 1. The second-order valence-electron chi connectivity index (χ2n) is 7.73. The molecular weight excluding hydrogens is 436 g/mol. The zero-order valence-corrected chi connectivity index (χ0v) is 17.5. The van der Waals surface area contributed by atoms with E-state index in [9.17, 15) is 24.3 Å². The van der Waals surface area contributed by atoms with E-state index >= 15 is 0 Å². The molecule has 0 bridgehead atoms. The van der Waals surface area contributed by atoms with Gasteiger partial charge in [0.2, 0.25) is 5.82 Å². The molecule has 32 heavy (non-hydrogen) atoms. The fourth-order valence-corrected chi connectivity index (χ4v) is 5.22. The van der Waals surface area contributed by atoms with Crippen LogP contribution in [0.4, 0.5) is 5.69 Å². The Morgan fingerprint density at radius 1 is 1.31 bits per heavy atom. The molecule has 1 atom stereocenters. The van der Waals surface area contributed by atoms with E-state index in [0.717, 1.165) is 16.0 Å². The molecule has 4 N–H and O–H groups in total. The molecule has 1 aliphatic carbocycles. The van der Waals surface area contributed by atoms with Crippen molar-refractivity contribution in [1.29, 1.82) is 0 Å². The van der Waals surface area contributed by atoms with Gasteiger partial charge in [0.15, 0.2) is 6.61 Å². The summed E-state index contributed by atoms with van der Waals surface area (Å²) < 4.78 is 5.31. The van der Waals surface area contributed by atoms with Crippen molar-refractivity contribution in [3.05, 3.63) is 50.4 Å². The van der Waals surface area contributed by atoms with E-state index in [1.807, 2.05) is 0 Å². The number of hydrogen-bond donors (Lipinski definition) is 4. The third-order valence-electron chi connectivity index (χ3n) is 5.61. The number of aromatic amines is 1. The minimum Gasteiger partial charge on any atom is -0.482 e. The molecule has 10 nitrogen and oxygen atoms in total. The van der Waals surface area contributed by atoms with Crippen LogP contribution in [0, 0.1) is 5.92 Å². The van der Waals surface area contributed by atoms with Gasteiger partial charge in [0.25, 0.3) is 17.4 Å². The Bertz CT molecular complexity index is 1340. The van der Waals surface area contributed by atoms with Gasteiger partial charge in [0.05, 0.1) is 17.0 Å². The van der Waals surface area contributed by atoms with Crippen molar-refractivity contribution >= 4 is 45.0 Å². The van der Waals surface area contributed by atoms with Crippen molar-refractivity contribution in [1.82, 2.24) is 15.3 Å². The Morgan fingerprint density at radius 3 is 2.97 bits per heavy atom. The van der Waals surface area contributed by atoms with E-state index in [2.05, 4.69) is 20.6 Å². The van der Waals surface area contributed by atoms with Gasteiger partial charge in [-0.05, 0) is 42.5 Å². The van der Waals surface area contributed by atoms with Gasteiger partial charge in [-0.25, -0.2) is 4.98 Å². The Balaban J connectivity index is 1.36. The number of aromatic nitrogens is 2. The van der Waals surface area contributed by atoms with Crippen molar-refractivity contribution in [2.45, 2.75) is 25.8 Å². The zero-order valence-electron chi connectivity index (χ0n) is 16.7. The van der Waals surface area contributed by atoms with Gasteiger partial charge in [-0.15, -0.1) is 11.3 Å². The van der Waals surface area contributed by atoms with Gasteiger partial charge < -0.3 is 25.5 Å². The molecule has 1 aliphatic heterocycles.